The minimum atomic E-state index is -0.289. The number of hydrogen-bond acceptors (Lipinski definition) is 1. The standard InChI is InChI=1S/C19H25NO/c1-13-12-16-17(6-5-7-18(16)21)20(13)15-10-8-14(9-11-15)19(2,3)4/h8-12,18,21H,5-7H2,1-4H3. The van der Waals surface area contributed by atoms with Gasteiger partial charge in [0.1, 0.15) is 0 Å². The van der Waals surface area contributed by atoms with Crippen LogP contribution in [0.2, 0.25) is 0 Å². The third kappa shape index (κ3) is 2.53. The van der Waals surface area contributed by atoms with Gasteiger partial charge in [0, 0.05) is 22.6 Å². The van der Waals surface area contributed by atoms with E-state index < -0.39 is 0 Å². The molecule has 1 unspecified atom stereocenters. The molecule has 2 aromatic rings. The molecule has 1 aromatic carbocycles. The number of benzene rings is 1. The van der Waals surface area contributed by atoms with Crippen molar-refractivity contribution in [2.45, 2.75) is 58.5 Å². The summed E-state index contributed by atoms with van der Waals surface area (Å²) in [7, 11) is 0. The van der Waals surface area contributed by atoms with E-state index in [2.05, 4.69) is 62.6 Å². The van der Waals surface area contributed by atoms with Crippen molar-refractivity contribution in [1.82, 2.24) is 4.57 Å². The number of hydrogen-bond donors (Lipinski definition) is 1. The fraction of sp³-hybridized carbons (Fsp3) is 0.474. The van der Waals surface area contributed by atoms with E-state index in [1.165, 1.54) is 22.6 Å². The molecule has 112 valence electrons. The Hall–Kier alpha value is -1.54. The molecular weight excluding hydrogens is 258 g/mol. The molecule has 21 heavy (non-hydrogen) atoms. The lowest BCUT2D eigenvalue weighted by atomic mass is 9.87. The third-order valence-corrected chi connectivity index (χ3v) is 4.56. The fourth-order valence-electron chi connectivity index (χ4n) is 3.35. The Balaban J connectivity index is 2.05. The summed E-state index contributed by atoms with van der Waals surface area (Å²) in [6.07, 6.45) is 2.72. The largest absolute Gasteiger partial charge is 0.388 e. The molecule has 1 aliphatic carbocycles. The van der Waals surface area contributed by atoms with Crippen LogP contribution in [0.25, 0.3) is 5.69 Å². The normalized spacial score (nSPS) is 18.6. The number of nitrogens with zero attached hydrogens (tertiary/aromatic N) is 1. The zero-order chi connectivity index (χ0) is 15.2. The van der Waals surface area contributed by atoms with E-state index in [4.69, 9.17) is 0 Å². The highest BCUT2D eigenvalue weighted by molar-refractivity contribution is 5.45. The smallest absolute Gasteiger partial charge is 0.0807 e. The Morgan fingerprint density at radius 2 is 1.81 bits per heavy atom. The maximum Gasteiger partial charge on any atom is 0.0807 e. The highest BCUT2D eigenvalue weighted by Crippen LogP contribution is 2.34. The molecule has 0 radical (unpaired) electrons. The average molecular weight is 283 g/mol. The van der Waals surface area contributed by atoms with Crippen LogP contribution in [0.15, 0.2) is 30.3 Å². The van der Waals surface area contributed by atoms with Gasteiger partial charge in [-0.3, -0.25) is 0 Å². The number of aliphatic hydroxyl groups excluding tert-OH is 1. The second-order valence-electron chi connectivity index (χ2n) is 7.23. The van der Waals surface area contributed by atoms with Gasteiger partial charge in [-0.1, -0.05) is 32.9 Å². The Morgan fingerprint density at radius 1 is 1.14 bits per heavy atom. The maximum absolute atomic E-state index is 10.2. The number of rotatable bonds is 1. The van der Waals surface area contributed by atoms with E-state index in [1.807, 2.05) is 0 Å². The van der Waals surface area contributed by atoms with Gasteiger partial charge in [-0.25, -0.2) is 0 Å². The number of fused-ring (bicyclic) bond motifs is 1. The van der Waals surface area contributed by atoms with Crippen molar-refractivity contribution in [2.75, 3.05) is 0 Å². The molecule has 0 saturated heterocycles. The molecule has 2 heteroatoms. The van der Waals surface area contributed by atoms with Crippen LogP contribution in [0.1, 0.15) is 62.2 Å². The number of aromatic nitrogens is 1. The fourth-order valence-corrected chi connectivity index (χ4v) is 3.35. The minimum absolute atomic E-state index is 0.180. The molecule has 0 bridgehead atoms. The Morgan fingerprint density at radius 3 is 2.43 bits per heavy atom. The first-order chi connectivity index (χ1) is 9.88. The van der Waals surface area contributed by atoms with Crippen molar-refractivity contribution >= 4 is 0 Å². The molecule has 1 aromatic heterocycles. The molecule has 0 saturated carbocycles. The molecule has 1 heterocycles. The lowest BCUT2D eigenvalue weighted by Crippen LogP contribution is -2.13. The van der Waals surface area contributed by atoms with Gasteiger partial charge in [-0.05, 0) is 55.4 Å². The Labute approximate surface area is 127 Å². The van der Waals surface area contributed by atoms with Crippen LogP contribution in [-0.4, -0.2) is 9.67 Å². The molecule has 0 spiro atoms. The first-order valence-electron chi connectivity index (χ1n) is 7.88. The van der Waals surface area contributed by atoms with Gasteiger partial charge in [0.25, 0.3) is 0 Å². The van der Waals surface area contributed by atoms with Gasteiger partial charge < -0.3 is 9.67 Å². The predicted octanol–water partition coefficient (Wildman–Crippen LogP) is 4.45. The van der Waals surface area contributed by atoms with Crippen molar-refractivity contribution in [2.24, 2.45) is 0 Å². The van der Waals surface area contributed by atoms with Crippen molar-refractivity contribution in [3.8, 4) is 5.69 Å². The van der Waals surface area contributed by atoms with Crippen LogP contribution >= 0.6 is 0 Å². The minimum Gasteiger partial charge on any atom is -0.388 e. The van der Waals surface area contributed by atoms with Crippen LogP contribution in [-0.2, 0) is 11.8 Å². The Bertz CT molecular complexity index is 643. The highest BCUT2D eigenvalue weighted by Gasteiger charge is 2.23. The first kappa shape index (κ1) is 14.4. The molecule has 0 aliphatic heterocycles. The predicted molar refractivity (Wildman–Crippen MR) is 87.1 cm³/mol. The molecule has 1 atom stereocenters. The van der Waals surface area contributed by atoms with Gasteiger partial charge in [0.05, 0.1) is 6.10 Å². The van der Waals surface area contributed by atoms with Gasteiger partial charge in [-0.2, -0.15) is 0 Å². The van der Waals surface area contributed by atoms with Crippen LogP contribution in [0.5, 0.6) is 0 Å². The maximum atomic E-state index is 10.2. The molecule has 2 nitrogen and oxygen atoms in total. The zero-order valence-corrected chi connectivity index (χ0v) is 13.5. The van der Waals surface area contributed by atoms with Gasteiger partial charge in [0.2, 0.25) is 0 Å². The zero-order valence-electron chi connectivity index (χ0n) is 13.5. The number of aryl methyl sites for hydroxylation is 1. The summed E-state index contributed by atoms with van der Waals surface area (Å²) in [4.78, 5) is 0. The number of aliphatic hydroxyl groups is 1. The van der Waals surface area contributed by atoms with Crippen molar-refractivity contribution < 1.29 is 5.11 Å². The molecule has 0 fully saturated rings. The van der Waals surface area contributed by atoms with Gasteiger partial charge in [-0.15, -0.1) is 0 Å². The van der Waals surface area contributed by atoms with E-state index in [0.29, 0.717) is 0 Å². The lowest BCUT2D eigenvalue weighted by Gasteiger charge is -2.22. The topological polar surface area (TPSA) is 25.2 Å². The summed E-state index contributed by atoms with van der Waals surface area (Å²) in [6, 6.07) is 11.0. The molecule has 0 amide bonds. The van der Waals surface area contributed by atoms with Crippen LogP contribution in [0.4, 0.5) is 0 Å². The summed E-state index contributed by atoms with van der Waals surface area (Å²) >= 11 is 0. The first-order valence-corrected chi connectivity index (χ1v) is 7.88. The average Bonchev–Trinajstić information content (AvgIpc) is 2.76. The van der Waals surface area contributed by atoms with Crippen LogP contribution in [0, 0.1) is 6.92 Å². The molecule has 1 aliphatic rings. The van der Waals surface area contributed by atoms with Gasteiger partial charge in [0.15, 0.2) is 0 Å². The monoisotopic (exact) mass is 283 g/mol. The van der Waals surface area contributed by atoms with Crippen LogP contribution < -0.4 is 0 Å². The summed E-state index contributed by atoms with van der Waals surface area (Å²) in [6.45, 7) is 8.84. The second-order valence-corrected chi connectivity index (χ2v) is 7.23. The molecular formula is C19H25NO. The van der Waals surface area contributed by atoms with Crippen molar-refractivity contribution in [1.29, 1.82) is 0 Å². The van der Waals surface area contributed by atoms with Gasteiger partial charge >= 0.3 is 0 Å². The third-order valence-electron chi connectivity index (χ3n) is 4.56. The van der Waals surface area contributed by atoms with E-state index in [0.717, 1.165) is 24.8 Å². The summed E-state index contributed by atoms with van der Waals surface area (Å²) in [5.74, 6) is 0. The van der Waals surface area contributed by atoms with Crippen molar-refractivity contribution in [3.05, 3.63) is 52.8 Å². The SMILES string of the molecule is Cc1cc2c(n1-c1ccc(C(C)(C)C)cc1)CCCC2O. The summed E-state index contributed by atoms with van der Waals surface area (Å²) in [5, 5.41) is 10.2. The summed E-state index contributed by atoms with van der Waals surface area (Å²) < 4.78 is 2.31. The highest BCUT2D eigenvalue weighted by atomic mass is 16.3. The van der Waals surface area contributed by atoms with Crippen molar-refractivity contribution in [3.63, 3.8) is 0 Å². The molecule has 3 rings (SSSR count). The summed E-state index contributed by atoms with van der Waals surface area (Å²) in [5.41, 5.74) is 6.36. The van der Waals surface area contributed by atoms with E-state index in [-0.39, 0.29) is 11.5 Å². The quantitative estimate of drug-likeness (QED) is 0.821. The van der Waals surface area contributed by atoms with E-state index >= 15 is 0 Å². The Kier molecular flexibility index (Phi) is 3.45. The van der Waals surface area contributed by atoms with Crippen LogP contribution in [0.3, 0.4) is 0 Å². The second kappa shape index (κ2) is 5.03. The van der Waals surface area contributed by atoms with E-state index in [9.17, 15) is 5.11 Å². The molecule has 1 N–H and O–H groups in total. The van der Waals surface area contributed by atoms with E-state index in [1.54, 1.807) is 0 Å². The lowest BCUT2D eigenvalue weighted by molar-refractivity contribution is 0.156.